The molecule has 12 bridgehead atoms. The molecule has 6 N–H and O–H groups in total. The van der Waals surface area contributed by atoms with Gasteiger partial charge in [-0.2, -0.15) is 0 Å². The molecule has 4 fully saturated rings. The van der Waals surface area contributed by atoms with Gasteiger partial charge in [-0.15, -0.1) is 0 Å². The number of nitrogens with one attached hydrogen (secondary N) is 6. The maximum absolute atomic E-state index is 15.0. The smallest absolute Gasteiger partial charge is 0.309 e. The van der Waals surface area contributed by atoms with E-state index in [9.17, 15) is 19.2 Å². The maximum Gasteiger partial charge on any atom is 0.309 e. The van der Waals surface area contributed by atoms with Crippen molar-refractivity contribution < 1.29 is 76.3 Å². The summed E-state index contributed by atoms with van der Waals surface area (Å²) in [7, 11) is 6.21. The number of methoxy groups -OCH3 is 4. The number of carbonyl (C=O) groups is 8. The third kappa shape index (κ3) is 16.4. The van der Waals surface area contributed by atoms with Crippen molar-refractivity contribution in [2.45, 2.75) is 128 Å². The highest BCUT2D eigenvalue weighted by Crippen LogP contribution is 2.52. The topological polar surface area (TPSA) is 316 Å². The highest BCUT2D eigenvalue weighted by Gasteiger charge is 2.53. The minimum absolute atomic E-state index is 0.213. The molecule has 17 rings (SSSR count). The summed E-state index contributed by atoms with van der Waals surface area (Å²) in [6.45, 7) is 0.852. The Morgan fingerprint density at radius 2 is 0.500 bits per heavy atom. The van der Waals surface area contributed by atoms with E-state index in [2.05, 4.69) is 31.2 Å². The van der Waals surface area contributed by atoms with Crippen LogP contribution >= 0.6 is 0 Å². The molecule has 112 heavy (non-hydrogen) atoms. The van der Waals surface area contributed by atoms with Crippen molar-refractivity contribution in [2.24, 2.45) is 47.3 Å². The molecule has 0 saturated heterocycles. The van der Waals surface area contributed by atoms with E-state index in [1.165, 1.54) is 0 Å². The minimum Gasteiger partial charge on any atom is -0.496 e. The van der Waals surface area contributed by atoms with Gasteiger partial charge in [0.15, 0.2) is 0 Å². The zero-order chi connectivity index (χ0) is 77.5. The first-order valence-corrected chi connectivity index (χ1v) is 39.5. The Morgan fingerprint density at radius 1 is 0.277 bits per heavy atom. The lowest BCUT2D eigenvalue weighted by atomic mass is 9.98. The van der Waals surface area contributed by atoms with Crippen LogP contribution in [0.3, 0.4) is 0 Å². The van der Waals surface area contributed by atoms with Gasteiger partial charge in [-0.25, -0.2) is 9.97 Å². The average molecular weight is 1520 g/mol. The van der Waals surface area contributed by atoms with Gasteiger partial charge in [-0.3, -0.25) is 38.4 Å². The van der Waals surface area contributed by atoms with Crippen molar-refractivity contribution in [2.75, 3.05) is 76.1 Å². The number of aromatic amines is 2. The van der Waals surface area contributed by atoms with Crippen LogP contribution in [0.15, 0.2) is 97.1 Å². The molecule has 4 aliphatic carbocycles. The van der Waals surface area contributed by atoms with E-state index in [-0.39, 0.29) is 74.9 Å². The Hall–Kier alpha value is -11.6. The molecule has 0 spiro atoms. The third-order valence-corrected chi connectivity index (χ3v) is 22.5. The normalized spacial score (nSPS) is 23.0. The second-order valence-corrected chi connectivity index (χ2v) is 30.1. The molecular formula is C88H94N8O16. The highest BCUT2D eigenvalue weighted by atomic mass is 16.5. The molecule has 3 aromatic heterocycles. The van der Waals surface area contributed by atoms with E-state index in [1.807, 2.05) is 48.6 Å². The van der Waals surface area contributed by atoms with Crippen molar-refractivity contribution in [1.29, 1.82) is 0 Å². The van der Waals surface area contributed by atoms with Gasteiger partial charge in [0.25, 0.3) is 0 Å². The number of fused-ring (bicyclic) bond motifs is 30. The summed E-state index contributed by atoms with van der Waals surface area (Å²) in [5.74, 6) is -7.66. The number of ether oxygens (including phenoxy) is 8. The lowest BCUT2D eigenvalue weighted by Gasteiger charge is -2.18. The second-order valence-electron chi connectivity index (χ2n) is 30.1. The van der Waals surface area contributed by atoms with Gasteiger partial charge in [0, 0.05) is 55.4 Å². The number of H-pyrrole nitrogens is 2. The van der Waals surface area contributed by atoms with Crippen LogP contribution in [-0.2, 0) is 57.3 Å². The second kappa shape index (κ2) is 34.0. The number of rotatable bonds is 6. The molecule has 4 aromatic carbocycles. The Kier molecular flexibility index (Phi) is 23.0. The fourth-order valence-corrected chi connectivity index (χ4v) is 16.0. The van der Waals surface area contributed by atoms with E-state index < -0.39 is 94.8 Å². The van der Waals surface area contributed by atoms with Gasteiger partial charge in [0.05, 0.1) is 159 Å². The predicted octanol–water partition coefficient (Wildman–Crippen LogP) is 16.1. The van der Waals surface area contributed by atoms with E-state index in [0.717, 1.165) is 77.0 Å². The van der Waals surface area contributed by atoms with Crippen LogP contribution in [0.2, 0.25) is 0 Å². The predicted molar refractivity (Wildman–Crippen MR) is 425 cm³/mol. The van der Waals surface area contributed by atoms with Crippen LogP contribution in [0.25, 0.3) is 90.9 Å². The summed E-state index contributed by atoms with van der Waals surface area (Å²) in [5.41, 5.74) is 7.65. The summed E-state index contributed by atoms with van der Waals surface area (Å²) < 4.78 is 48.2. The Bertz CT molecular complexity index is 4590. The molecule has 8 atom stereocenters. The lowest BCUT2D eigenvalue weighted by Crippen LogP contribution is -2.21. The molecule has 9 heterocycles. The molecule has 24 heteroatoms. The molecular weight excluding hydrogens is 1430 g/mol. The molecule has 10 aliphatic rings. The van der Waals surface area contributed by atoms with Gasteiger partial charge >= 0.3 is 23.9 Å². The van der Waals surface area contributed by atoms with E-state index in [0.29, 0.717) is 138 Å². The average Bonchev–Trinajstić information content (AvgIpc) is 1.59. The minimum atomic E-state index is -0.739. The van der Waals surface area contributed by atoms with Crippen LogP contribution in [0.4, 0.5) is 22.7 Å². The van der Waals surface area contributed by atoms with E-state index in [4.69, 9.17) is 47.9 Å². The lowest BCUT2D eigenvalue weighted by molar-refractivity contribution is -0.147. The van der Waals surface area contributed by atoms with Crippen molar-refractivity contribution in [1.82, 2.24) is 19.9 Å². The fourth-order valence-electron chi connectivity index (χ4n) is 16.0. The first kappa shape index (κ1) is 75.8. The number of hydrogen-bond donors (Lipinski definition) is 6. The van der Waals surface area contributed by atoms with Gasteiger partial charge < -0.3 is 69.1 Å². The number of anilines is 4. The van der Waals surface area contributed by atoms with E-state index in [1.54, 1.807) is 101 Å². The summed E-state index contributed by atoms with van der Waals surface area (Å²) in [4.78, 5) is 134. The monoisotopic (exact) mass is 1520 g/mol. The van der Waals surface area contributed by atoms with Crippen molar-refractivity contribution in [3.05, 3.63) is 120 Å². The zero-order valence-corrected chi connectivity index (χ0v) is 63.6. The number of carbonyl (C=O) groups excluding carboxylic acids is 8. The number of esters is 4. The zero-order valence-electron chi connectivity index (χ0n) is 63.6. The maximum atomic E-state index is 15.0. The van der Waals surface area contributed by atoms with Crippen LogP contribution in [-0.4, -0.2) is 122 Å². The van der Waals surface area contributed by atoms with E-state index >= 15 is 19.2 Å². The highest BCUT2D eigenvalue weighted by molar-refractivity contribution is 6.13. The fraction of sp³-hybridized carbons (Fsp3) is 0.409. The molecule has 7 aromatic rings. The third-order valence-electron chi connectivity index (χ3n) is 22.5. The van der Waals surface area contributed by atoms with Gasteiger partial charge in [0.2, 0.25) is 23.6 Å². The number of aromatic nitrogens is 4. The van der Waals surface area contributed by atoms with Gasteiger partial charge in [-0.1, -0.05) is 101 Å². The number of hydrogen-bond acceptors (Lipinski definition) is 18. The molecule has 0 radical (unpaired) electrons. The Labute approximate surface area is 648 Å². The standard InChI is InChI=1S/C88H94N8O16/c1-105-69-29-23-30-70(106-2)79(69)77-65-37-33-61(89-65)75-63-35-39-67(91-63)78(80-71(107-3)31-24-32-72(80)108-4)68-40-36-64(92-68)76(62-34-38-66(77)90-62)74-58-26-22-28-60(74)96-84(100)52-48-56(52)88(104)112-44-20-16-12-8-7-11-15-19-43-111-87(103)55-47-51(55)83(99)95-59-27-21-25-57(73(59)75)93-81(97)49-45-53(49)85(101)109-41-17-13-9-5-6-10-14-18-42-110-86(102)54-46-50(54)82(98)94-58/h21-40,49-56,89,92H,5-20,41-48H2,1-4H3,(H,93,97)(H,94,98)(H,95,99)(H,96,100)/t49-,50?,51?,52-,53-,54-,55+,56-/m0/s1. The molecule has 582 valence electrons. The molecule has 6 aliphatic heterocycles. The quantitative estimate of drug-likeness (QED) is 0.0665. The Morgan fingerprint density at radius 3 is 0.741 bits per heavy atom. The largest absolute Gasteiger partial charge is 0.496 e. The number of amides is 4. The van der Waals surface area contributed by atoms with Crippen LogP contribution in [0.1, 0.15) is 151 Å². The first-order valence-electron chi connectivity index (χ1n) is 39.5. The number of nitrogens with zero attached hydrogens (tertiary/aromatic N) is 2. The SMILES string of the molecule is COc1cccc(OC)c1-c1c2nc(c3c4ccc([nH]4)c(-c4c(OC)cccc4OC)c4nc(c(c5ccc1[nH]5)-c1c5cccc1NC(=O)[C@H]1C[C@@H]1C(=O)OCCCCCCCCCCOC(=O)[C@@H]1CC1C(=O)Nc1cccc(c1-3)NC(=O)[C@H]1C[C@@H]1C(=O)OCCCCCCCCCCOC(=O)[C@H]1CC1C(=O)N5)C=C4)C=C2. The van der Waals surface area contributed by atoms with Crippen molar-refractivity contribution in [3.8, 4) is 67.5 Å². The van der Waals surface area contributed by atoms with Crippen molar-refractivity contribution in [3.63, 3.8) is 0 Å². The molecule has 24 nitrogen and oxygen atoms in total. The molecule has 4 saturated carbocycles. The number of benzene rings is 4. The van der Waals surface area contributed by atoms with Crippen LogP contribution in [0.5, 0.6) is 23.0 Å². The summed E-state index contributed by atoms with van der Waals surface area (Å²) in [6.07, 6.45) is 22.1. The Balaban J connectivity index is 0.994. The first-order chi connectivity index (χ1) is 54.7. The summed E-state index contributed by atoms with van der Waals surface area (Å²) in [5, 5.41) is 12.9. The molecule has 4 amide bonds. The van der Waals surface area contributed by atoms with Gasteiger partial charge in [-0.05, 0) is 148 Å². The van der Waals surface area contributed by atoms with Crippen molar-refractivity contribution >= 4 is 117 Å². The van der Waals surface area contributed by atoms with Crippen LogP contribution < -0.4 is 40.2 Å². The molecule has 2 unspecified atom stereocenters. The summed E-state index contributed by atoms with van der Waals surface area (Å²) in [6, 6.07) is 28.7. The van der Waals surface area contributed by atoms with Crippen LogP contribution in [0, 0.1) is 47.3 Å². The van der Waals surface area contributed by atoms with Gasteiger partial charge in [0.1, 0.15) is 23.0 Å². The summed E-state index contributed by atoms with van der Waals surface area (Å²) >= 11 is 0.